The molecule has 0 aliphatic rings. The van der Waals surface area contributed by atoms with E-state index in [9.17, 15) is 5.11 Å². The zero-order valence-electron chi connectivity index (χ0n) is 5.73. The maximum atomic E-state index is 10.8. The molecule has 0 atom stereocenters. The van der Waals surface area contributed by atoms with Crippen molar-refractivity contribution in [3.63, 3.8) is 0 Å². The summed E-state index contributed by atoms with van der Waals surface area (Å²) < 4.78 is 0. The van der Waals surface area contributed by atoms with Crippen LogP contribution in [0.15, 0.2) is 0 Å². The van der Waals surface area contributed by atoms with E-state index in [0.717, 1.165) is 12.2 Å². The average molecular weight is 133 g/mol. The zero-order chi connectivity index (χ0) is 6.62. The molecule has 2 heteroatoms. The van der Waals surface area contributed by atoms with Crippen molar-refractivity contribution in [1.82, 2.24) is 0 Å². The van der Waals surface area contributed by atoms with Gasteiger partial charge in [0.15, 0.2) is 0 Å². The van der Waals surface area contributed by atoms with E-state index < -0.39 is 4.93 Å². The zero-order valence-corrected chi connectivity index (χ0v) is 6.55. The predicted octanol–water partition coefficient (Wildman–Crippen LogP) is 2.30. The van der Waals surface area contributed by atoms with Crippen LogP contribution in [0.1, 0.15) is 27.2 Å². The molecule has 0 aliphatic heterocycles. The Hall–Kier alpha value is 0.310. The minimum atomic E-state index is -0.782. The molecular weight excluding hydrogens is 120 g/mol. The Morgan fingerprint density at radius 3 is 2.12 bits per heavy atom. The van der Waals surface area contributed by atoms with Crippen LogP contribution in [0.4, 0.5) is 0 Å². The smallest absolute Gasteiger partial charge is 0.143 e. The molecule has 8 heavy (non-hydrogen) atoms. The summed E-state index contributed by atoms with van der Waals surface area (Å²) in [6, 6.07) is 0. The van der Waals surface area contributed by atoms with Crippen molar-refractivity contribution in [3.05, 3.63) is 0 Å². The maximum Gasteiger partial charge on any atom is 0.143 e. The highest BCUT2D eigenvalue weighted by atomic mass is 32.2. The van der Waals surface area contributed by atoms with Crippen molar-refractivity contribution in [2.45, 2.75) is 32.1 Å². The van der Waals surface area contributed by atoms with Crippen LogP contribution in [0.25, 0.3) is 0 Å². The summed E-state index contributed by atoms with van der Waals surface area (Å²) in [5.74, 6) is 0.983. The highest BCUT2D eigenvalue weighted by Gasteiger charge is 2.13. The minimum absolute atomic E-state index is 0.782. The van der Waals surface area contributed by atoms with Crippen LogP contribution in [-0.4, -0.2) is 10.7 Å². The first kappa shape index (κ1) is 8.31. The molecule has 0 saturated carbocycles. The summed E-state index contributed by atoms with van der Waals surface area (Å²) >= 11 is 1.48. The molecule has 0 heterocycles. The van der Waals surface area contributed by atoms with Gasteiger partial charge in [-0.3, -0.25) is 0 Å². The molecule has 0 N–H and O–H groups in total. The van der Waals surface area contributed by atoms with Gasteiger partial charge in [0.25, 0.3) is 0 Å². The monoisotopic (exact) mass is 133 g/mol. The van der Waals surface area contributed by atoms with Gasteiger partial charge < -0.3 is 0 Å². The van der Waals surface area contributed by atoms with Crippen molar-refractivity contribution in [2.75, 3.05) is 5.75 Å². The van der Waals surface area contributed by atoms with E-state index in [1.165, 1.54) is 11.8 Å². The number of thioether (sulfide) groups is 1. The van der Waals surface area contributed by atoms with Crippen molar-refractivity contribution < 1.29 is 5.11 Å². The largest absolute Gasteiger partial charge is 0.218 e. The van der Waals surface area contributed by atoms with Gasteiger partial charge in [0.05, 0.1) is 0 Å². The van der Waals surface area contributed by atoms with E-state index in [1.54, 1.807) is 13.8 Å². The second-order valence-corrected chi connectivity index (χ2v) is 3.93. The number of rotatable bonds is 3. The van der Waals surface area contributed by atoms with Gasteiger partial charge in [0, 0.05) is 0 Å². The molecule has 0 aromatic rings. The van der Waals surface area contributed by atoms with Crippen molar-refractivity contribution in [2.24, 2.45) is 0 Å². The molecule has 0 rings (SSSR count). The summed E-state index contributed by atoms with van der Waals surface area (Å²) in [5.41, 5.74) is 0. The molecule has 0 saturated heterocycles. The molecule has 0 amide bonds. The van der Waals surface area contributed by atoms with Gasteiger partial charge in [-0.1, -0.05) is 6.92 Å². The standard InChI is InChI=1S/C6H13OS/c1-4-5-8-6(2,3)7/h4-5H2,1-3H3. The number of hydrogen-bond acceptors (Lipinski definition) is 1. The van der Waals surface area contributed by atoms with Crippen LogP contribution in [0.3, 0.4) is 0 Å². The third-order valence-corrected chi connectivity index (χ3v) is 1.96. The lowest BCUT2D eigenvalue weighted by atomic mass is 10.5. The lowest BCUT2D eigenvalue weighted by molar-refractivity contribution is 0.0894. The Morgan fingerprint density at radius 2 is 2.00 bits per heavy atom. The molecule has 1 nitrogen and oxygen atoms in total. The van der Waals surface area contributed by atoms with Crippen LogP contribution < -0.4 is 0 Å². The highest BCUT2D eigenvalue weighted by Crippen LogP contribution is 2.21. The number of hydrogen-bond donors (Lipinski definition) is 0. The fourth-order valence-electron chi connectivity index (χ4n) is 0.348. The second-order valence-electron chi connectivity index (χ2n) is 2.25. The third kappa shape index (κ3) is 6.31. The minimum Gasteiger partial charge on any atom is -0.218 e. The van der Waals surface area contributed by atoms with Gasteiger partial charge in [-0.05, 0) is 26.0 Å². The van der Waals surface area contributed by atoms with E-state index >= 15 is 0 Å². The molecule has 0 unspecified atom stereocenters. The van der Waals surface area contributed by atoms with Gasteiger partial charge >= 0.3 is 0 Å². The SMILES string of the molecule is CCCSC(C)(C)[O]. The van der Waals surface area contributed by atoms with Crippen molar-refractivity contribution in [1.29, 1.82) is 0 Å². The van der Waals surface area contributed by atoms with Gasteiger partial charge in [-0.25, -0.2) is 5.11 Å². The fraction of sp³-hybridized carbons (Fsp3) is 1.00. The van der Waals surface area contributed by atoms with Crippen molar-refractivity contribution >= 4 is 11.8 Å². The normalized spacial score (nSPS) is 12.0. The Morgan fingerprint density at radius 1 is 1.50 bits per heavy atom. The van der Waals surface area contributed by atoms with Gasteiger partial charge in [0.2, 0.25) is 0 Å². The van der Waals surface area contributed by atoms with E-state index in [4.69, 9.17) is 0 Å². The molecule has 0 aromatic heterocycles. The Balaban J connectivity index is 3.11. The first-order valence-corrected chi connectivity index (χ1v) is 3.89. The summed E-state index contributed by atoms with van der Waals surface area (Å²) in [4.78, 5) is -0.782. The van der Waals surface area contributed by atoms with Crippen LogP contribution in [0.5, 0.6) is 0 Å². The molecule has 0 bridgehead atoms. The molecule has 0 fully saturated rings. The summed E-state index contributed by atoms with van der Waals surface area (Å²) in [6.07, 6.45) is 1.09. The Bertz CT molecular complexity index is 56.0. The first-order valence-electron chi connectivity index (χ1n) is 2.90. The van der Waals surface area contributed by atoms with Gasteiger partial charge in [-0.15, -0.1) is 11.8 Å². The predicted molar refractivity (Wildman–Crippen MR) is 37.5 cm³/mol. The molecule has 0 aromatic carbocycles. The first-order chi connectivity index (χ1) is 3.56. The van der Waals surface area contributed by atoms with E-state index in [0.29, 0.717) is 0 Å². The maximum absolute atomic E-state index is 10.8. The van der Waals surface area contributed by atoms with Gasteiger partial charge in [0.1, 0.15) is 4.93 Å². The fourth-order valence-corrected chi connectivity index (χ4v) is 1.04. The van der Waals surface area contributed by atoms with E-state index in [-0.39, 0.29) is 0 Å². The van der Waals surface area contributed by atoms with Crippen LogP contribution in [0, 0.1) is 0 Å². The molecule has 49 valence electrons. The molecule has 1 radical (unpaired) electrons. The van der Waals surface area contributed by atoms with Crippen LogP contribution in [-0.2, 0) is 5.11 Å². The summed E-state index contributed by atoms with van der Waals surface area (Å²) in [6.45, 7) is 5.49. The highest BCUT2D eigenvalue weighted by molar-refractivity contribution is 8.00. The van der Waals surface area contributed by atoms with E-state index in [1.807, 2.05) is 0 Å². The van der Waals surface area contributed by atoms with Crippen molar-refractivity contribution in [3.8, 4) is 0 Å². The lowest BCUT2D eigenvalue weighted by Crippen LogP contribution is -2.10. The summed E-state index contributed by atoms with van der Waals surface area (Å²) in [7, 11) is 0. The van der Waals surface area contributed by atoms with E-state index in [2.05, 4.69) is 6.92 Å². The molecule has 0 spiro atoms. The van der Waals surface area contributed by atoms with Gasteiger partial charge in [-0.2, -0.15) is 0 Å². The second kappa shape index (κ2) is 3.36. The summed E-state index contributed by atoms with van der Waals surface area (Å²) in [5, 5.41) is 10.8. The molecule has 0 aliphatic carbocycles. The Kier molecular flexibility index (Phi) is 3.49. The quantitative estimate of drug-likeness (QED) is 0.541. The van der Waals surface area contributed by atoms with Crippen LogP contribution in [0.2, 0.25) is 0 Å². The Labute approximate surface area is 55.5 Å². The van der Waals surface area contributed by atoms with Crippen LogP contribution >= 0.6 is 11.8 Å². The lowest BCUT2D eigenvalue weighted by Gasteiger charge is -2.11. The molecular formula is C6H13OS. The average Bonchev–Trinajstić information content (AvgIpc) is 1.59. The topological polar surface area (TPSA) is 19.9 Å². The third-order valence-electron chi connectivity index (χ3n) is 0.654.